The molecular weight excluding hydrogens is 302 g/mol. The number of nitrogens with zero attached hydrogens (tertiary/aromatic N) is 1. The minimum Gasteiger partial charge on any atom is -0.618 e. The van der Waals surface area contributed by atoms with Crippen molar-refractivity contribution in [1.82, 2.24) is 0 Å². The SMILES string of the molecule is Cc1c(O)ccc2c(CSc3cccc[n+]3[O-])cc(=O)oc12. The molecule has 3 aromatic rings. The molecule has 2 aromatic heterocycles. The summed E-state index contributed by atoms with van der Waals surface area (Å²) in [6, 6.07) is 9.88. The van der Waals surface area contributed by atoms with Crippen molar-refractivity contribution in [3.63, 3.8) is 0 Å². The van der Waals surface area contributed by atoms with Crippen LogP contribution in [0.4, 0.5) is 0 Å². The van der Waals surface area contributed by atoms with E-state index < -0.39 is 5.63 Å². The Kier molecular flexibility index (Phi) is 3.77. The fourth-order valence-electron chi connectivity index (χ4n) is 2.21. The summed E-state index contributed by atoms with van der Waals surface area (Å²) in [5, 5.41) is 22.7. The van der Waals surface area contributed by atoms with Crippen LogP contribution in [0.5, 0.6) is 5.75 Å². The number of aryl methyl sites for hydroxylation is 1. The summed E-state index contributed by atoms with van der Waals surface area (Å²) >= 11 is 1.34. The summed E-state index contributed by atoms with van der Waals surface area (Å²) in [6.45, 7) is 1.69. The minimum atomic E-state index is -0.472. The molecule has 0 bridgehead atoms. The lowest BCUT2D eigenvalue weighted by atomic mass is 10.1. The number of phenolic OH excluding ortho intramolecular Hbond substituents is 1. The second-order valence-corrected chi connectivity index (χ2v) is 5.83. The van der Waals surface area contributed by atoms with Crippen molar-refractivity contribution >= 4 is 22.7 Å². The lowest BCUT2D eigenvalue weighted by Crippen LogP contribution is -2.27. The Morgan fingerprint density at radius 3 is 2.91 bits per heavy atom. The predicted octanol–water partition coefficient (Wildman–Crippen LogP) is 2.73. The summed E-state index contributed by atoms with van der Waals surface area (Å²) < 4.78 is 5.98. The van der Waals surface area contributed by atoms with Gasteiger partial charge in [0.1, 0.15) is 11.3 Å². The molecular formula is C16H13NO4S. The highest BCUT2D eigenvalue weighted by atomic mass is 32.2. The van der Waals surface area contributed by atoms with Gasteiger partial charge in [0.15, 0.2) is 6.20 Å². The second kappa shape index (κ2) is 5.73. The number of hydrogen-bond acceptors (Lipinski definition) is 5. The molecule has 22 heavy (non-hydrogen) atoms. The molecule has 0 radical (unpaired) electrons. The Labute approximate surface area is 130 Å². The molecule has 1 aromatic carbocycles. The molecule has 5 nitrogen and oxygen atoms in total. The zero-order chi connectivity index (χ0) is 15.7. The number of phenols is 1. The molecule has 0 saturated carbocycles. The first-order chi connectivity index (χ1) is 10.6. The van der Waals surface area contributed by atoms with Gasteiger partial charge < -0.3 is 14.7 Å². The Morgan fingerprint density at radius 2 is 2.14 bits per heavy atom. The van der Waals surface area contributed by atoms with E-state index in [1.807, 2.05) is 0 Å². The first-order valence-electron chi connectivity index (χ1n) is 6.62. The highest BCUT2D eigenvalue weighted by molar-refractivity contribution is 7.98. The van der Waals surface area contributed by atoms with Crippen molar-refractivity contribution in [3.05, 3.63) is 69.3 Å². The summed E-state index contributed by atoms with van der Waals surface area (Å²) in [6.07, 6.45) is 1.43. The first kappa shape index (κ1) is 14.5. The maximum atomic E-state index is 11.7. The van der Waals surface area contributed by atoms with E-state index in [2.05, 4.69) is 0 Å². The van der Waals surface area contributed by atoms with Gasteiger partial charge in [0, 0.05) is 34.9 Å². The van der Waals surface area contributed by atoms with Crippen LogP contribution in [0.1, 0.15) is 11.1 Å². The first-order valence-corrected chi connectivity index (χ1v) is 7.61. The van der Waals surface area contributed by atoms with Crippen LogP contribution >= 0.6 is 11.8 Å². The Hall–Kier alpha value is -2.47. The van der Waals surface area contributed by atoms with Crippen LogP contribution in [0.15, 0.2) is 56.8 Å². The molecule has 0 saturated heterocycles. The summed E-state index contributed by atoms with van der Waals surface area (Å²) in [5.41, 5.74) is 1.20. The Bertz CT molecular complexity index is 904. The van der Waals surface area contributed by atoms with Gasteiger partial charge in [-0.25, -0.2) is 4.79 Å². The topological polar surface area (TPSA) is 77.4 Å². The van der Waals surface area contributed by atoms with E-state index in [1.54, 1.807) is 37.3 Å². The number of fused-ring (bicyclic) bond motifs is 1. The van der Waals surface area contributed by atoms with Crippen molar-refractivity contribution < 1.29 is 14.3 Å². The molecule has 0 aliphatic heterocycles. The highest BCUT2D eigenvalue weighted by Gasteiger charge is 2.12. The summed E-state index contributed by atoms with van der Waals surface area (Å²) in [5.74, 6) is 0.541. The standard InChI is InChI=1S/C16H13NO4S/c1-10-13(18)6-5-12-11(8-15(19)21-16(10)12)9-22-14-4-2-3-7-17(14)20/h2-8,18H,9H2,1H3. The average Bonchev–Trinajstić information content (AvgIpc) is 2.50. The fraction of sp³-hybridized carbons (Fsp3) is 0.125. The van der Waals surface area contributed by atoms with Gasteiger partial charge in [0.2, 0.25) is 0 Å². The van der Waals surface area contributed by atoms with Gasteiger partial charge in [0.05, 0.1) is 0 Å². The van der Waals surface area contributed by atoms with E-state index in [0.29, 0.717) is 21.9 Å². The molecule has 6 heteroatoms. The molecule has 0 unspecified atom stereocenters. The largest absolute Gasteiger partial charge is 0.618 e. The third kappa shape index (κ3) is 2.65. The number of thioether (sulfide) groups is 1. The van der Waals surface area contributed by atoms with Crippen molar-refractivity contribution in [3.8, 4) is 5.75 Å². The van der Waals surface area contributed by atoms with Gasteiger partial charge in [-0.2, -0.15) is 4.73 Å². The number of rotatable bonds is 3. The lowest BCUT2D eigenvalue weighted by molar-refractivity contribution is -0.645. The van der Waals surface area contributed by atoms with E-state index in [-0.39, 0.29) is 5.75 Å². The van der Waals surface area contributed by atoms with Crippen molar-refractivity contribution in [2.24, 2.45) is 0 Å². The normalized spacial score (nSPS) is 11.0. The van der Waals surface area contributed by atoms with Gasteiger partial charge in [-0.15, -0.1) is 0 Å². The van der Waals surface area contributed by atoms with E-state index in [9.17, 15) is 15.1 Å². The van der Waals surface area contributed by atoms with E-state index in [1.165, 1.54) is 24.0 Å². The van der Waals surface area contributed by atoms with Gasteiger partial charge >= 0.3 is 5.63 Å². The third-order valence-corrected chi connectivity index (χ3v) is 4.45. The van der Waals surface area contributed by atoms with Gasteiger partial charge in [-0.1, -0.05) is 11.8 Å². The van der Waals surface area contributed by atoms with Gasteiger partial charge in [0.25, 0.3) is 5.03 Å². The van der Waals surface area contributed by atoms with E-state index in [0.717, 1.165) is 15.7 Å². The summed E-state index contributed by atoms with van der Waals surface area (Å²) in [4.78, 5) is 11.7. The van der Waals surface area contributed by atoms with Crippen LogP contribution < -0.4 is 10.4 Å². The van der Waals surface area contributed by atoms with Crippen LogP contribution in [-0.4, -0.2) is 5.11 Å². The van der Waals surface area contributed by atoms with Crippen LogP contribution in [0, 0.1) is 12.1 Å². The van der Waals surface area contributed by atoms with Crippen molar-refractivity contribution in [1.29, 1.82) is 0 Å². The highest BCUT2D eigenvalue weighted by Crippen LogP contribution is 2.30. The smallest absolute Gasteiger partial charge is 0.336 e. The molecule has 2 heterocycles. The molecule has 1 N–H and O–H groups in total. The maximum absolute atomic E-state index is 11.7. The molecule has 0 aliphatic rings. The molecule has 0 spiro atoms. The van der Waals surface area contributed by atoms with Crippen molar-refractivity contribution in [2.75, 3.05) is 0 Å². The zero-order valence-corrected chi connectivity index (χ0v) is 12.6. The number of aromatic hydroxyl groups is 1. The zero-order valence-electron chi connectivity index (χ0n) is 11.8. The van der Waals surface area contributed by atoms with E-state index >= 15 is 0 Å². The lowest BCUT2D eigenvalue weighted by Gasteiger charge is -2.08. The molecule has 3 rings (SSSR count). The minimum absolute atomic E-state index is 0.0842. The molecule has 0 aliphatic carbocycles. The Morgan fingerprint density at radius 1 is 1.32 bits per heavy atom. The molecule has 0 fully saturated rings. The predicted molar refractivity (Wildman–Crippen MR) is 83.8 cm³/mol. The molecule has 112 valence electrons. The fourth-order valence-corrected chi connectivity index (χ4v) is 3.12. The monoisotopic (exact) mass is 315 g/mol. The number of benzene rings is 1. The second-order valence-electron chi connectivity index (χ2n) is 4.83. The average molecular weight is 315 g/mol. The van der Waals surface area contributed by atoms with Crippen LogP contribution in [-0.2, 0) is 5.75 Å². The molecule has 0 amide bonds. The third-order valence-electron chi connectivity index (χ3n) is 3.38. The number of hydrogen-bond donors (Lipinski definition) is 1. The van der Waals surface area contributed by atoms with Crippen molar-refractivity contribution in [2.45, 2.75) is 17.7 Å². The number of pyridine rings is 1. The summed E-state index contributed by atoms with van der Waals surface area (Å²) in [7, 11) is 0. The van der Waals surface area contributed by atoms with Crippen LogP contribution in [0.2, 0.25) is 0 Å². The number of aromatic nitrogens is 1. The van der Waals surface area contributed by atoms with Gasteiger partial charge in [-0.3, -0.25) is 0 Å². The van der Waals surface area contributed by atoms with Crippen LogP contribution in [0.25, 0.3) is 11.0 Å². The molecule has 0 atom stereocenters. The van der Waals surface area contributed by atoms with E-state index in [4.69, 9.17) is 4.42 Å². The quantitative estimate of drug-likeness (QED) is 0.348. The Balaban J connectivity index is 2.02. The maximum Gasteiger partial charge on any atom is 0.336 e. The van der Waals surface area contributed by atoms with Crippen LogP contribution in [0.3, 0.4) is 0 Å². The van der Waals surface area contributed by atoms with Gasteiger partial charge in [-0.05, 0) is 30.7 Å².